The van der Waals surface area contributed by atoms with E-state index in [2.05, 4.69) is 45.8 Å². The van der Waals surface area contributed by atoms with E-state index in [0.717, 1.165) is 0 Å². The molecule has 0 unspecified atom stereocenters. The van der Waals surface area contributed by atoms with Gasteiger partial charge in [-0.2, -0.15) is 0 Å². The van der Waals surface area contributed by atoms with E-state index in [0.29, 0.717) is 0 Å². The Hall–Kier alpha value is 1.55. The molecular weight excluding hydrogens is 629 g/mol. The van der Waals surface area contributed by atoms with Gasteiger partial charge in [0.05, 0.1) is 0 Å². The summed E-state index contributed by atoms with van der Waals surface area (Å²) in [6.07, 6.45) is 0. The third-order valence-electron chi connectivity index (χ3n) is 4.55. The van der Waals surface area contributed by atoms with Crippen LogP contribution in [0.5, 0.6) is 0 Å². The average Bonchev–Trinajstić information content (AvgIpc) is 2.42. The first-order chi connectivity index (χ1) is 15.9. The molecule has 37 heavy (non-hydrogen) atoms. The summed E-state index contributed by atoms with van der Waals surface area (Å²) in [7, 11) is -22.0. The van der Waals surface area contributed by atoms with Crippen LogP contribution in [0.1, 0.15) is 0 Å². The summed E-state index contributed by atoms with van der Waals surface area (Å²) >= 11 is 0. The Morgan fingerprint density at radius 2 is 0.730 bits per heavy atom. The molecule has 0 spiro atoms. The van der Waals surface area contributed by atoms with Gasteiger partial charge in [0.25, 0.3) is 0 Å². The first-order valence-corrected chi connectivity index (χ1v) is 37.5. The van der Waals surface area contributed by atoms with Crippen molar-refractivity contribution < 1.29 is 41.5 Å². The van der Waals surface area contributed by atoms with Gasteiger partial charge in [0.15, 0.2) is 8.32 Å². The molecule has 222 valence electrons. The summed E-state index contributed by atoms with van der Waals surface area (Å²) in [6, 6.07) is 0. The first kappa shape index (κ1) is 36.6. The van der Waals surface area contributed by atoms with Crippen LogP contribution >= 0.6 is 0 Å². The lowest BCUT2D eigenvalue weighted by molar-refractivity contribution is 0.126. The molecule has 0 radical (unpaired) electrons. The highest BCUT2D eigenvalue weighted by Crippen LogP contribution is 2.34. The van der Waals surface area contributed by atoms with Gasteiger partial charge < -0.3 is 41.5 Å². The monoisotopic (exact) mass is 682 g/mol. The maximum Gasteiger partial charge on any atom is 0.479 e. The van der Waals surface area contributed by atoms with Crippen LogP contribution < -0.4 is 0 Å². The van der Waals surface area contributed by atoms with Crippen molar-refractivity contribution in [3.8, 4) is 0 Å². The SMILES string of the molecule is CO[Si]1(C)O[Si](C)(C)O[Si](C)(O[Si](C)(C)O[Si](C)(C)O[Si](C)(C)O[Si](C)(C)O[Si](C)(C)C)O[Si](C)(C)O1. The number of rotatable bonds is 11. The van der Waals surface area contributed by atoms with Crippen molar-refractivity contribution in [1.29, 1.82) is 0 Å². The molecular formula is C18H54O10Si9. The quantitative estimate of drug-likeness (QED) is 0.243. The molecule has 1 heterocycles. The first-order valence-electron chi connectivity index (χ1n) is 12.8. The van der Waals surface area contributed by atoms with E-state index < -0.39 is 77.3 Å². The number of hydrogen-bond donors (Lipinski definition) is 0. The minimum atomic E-state index is -3.21. The Morgan fingerprint density at radius 3 is 1.05 bits per heavy atom. The van der Waals surface area contributed by atoms with E-state index >= 15 is 0 Å². The zero-order valence-corrected chi connectivity index (χ0v) is 35.6. The molecule has 1 saturated heterocycles. The van der Waals surface area contributed by atoms with Gasteiger partial charge in [0.1, 0.15) is 0 Å². The van der Waals surface area contributed by atoms with E-state index in [4.69, 9.17) is 41.5 Å². The van der Waals surface area contributed by atoms with Gasteiger partial charge in [-0.05, 0) is 98.2 Å². The predicted octanol–water partition coefficient (Wildman–Crippen LogP) is 5.98. The molecule has 1 aliphatic rings. The van der Waals surface area contributed by atoms with Crippen LogP contribution in [0.4, 0.5) is 0 Å². The molecule has 0 atom stereocenters. The van der Waals surface area contributed by atoms with Gasteiger partial charge in [-0.15, -0.1) is 0 Å². The summed E-state index contributed by atoms with van der Waals surface area (Å²) in [5.74, 6) is 0. The largest absolute Gasteiger partial charge is 0.479 e. The maximum absolute atomic E-state index is 6.71. The molecule has 19 heteroatoms. The lowest BCUT2D eigenvalue weighted by atomic mass is 11.8. The molecule has 1 fully saturated rings. The molecule has 0 bridgehead atoms. The van der Waals surface area contributed by atoms with Crippen molar-refractivity contribution >= 4 is 77.3 Å². The van der Waals surface area contributed by atoms with Crippen LogP contribution in [0.3, 0.4) is 0 Å². The Labute approximate surface area is 236 Å². The summed E-state index contributed by atoms with van der Waals surface area (Å²) in [4.78, 5) is 0. The second kappa shape index (κ2) is 11.7. The van der Waals surface area contributed by atoms with Gasteiger partial charge in [0.2, 0.25) is 0 Å². The van der Waals surface area contributed by atoms with Gasteiger partial charge >= 0.3 is 69.0 Å². The van der Waals surface area contributed by atoms with E-state index in [1.165, 1.54) is 0 Å². The van der Waals surface area contributed by atoms with E-state index in [9.17, 15) is 0 Å². The van der Waals surface area contributed by atoms with Gasteiger partial charge in [-0.1, -0.05) is 0 Å². The van der Waals surface area contributed by atoms with Gasteiger partial charge in [-0.3, -0.25) is 0 Å². The molecule has 0 saturated carbocycles. The molecule has 0 aliphatic carbocycles. The Bertz CT molecular complexity index is 766. The van der Waals surface area contributed by atoms with Crippen LogP contribution in [-0.4, -0.2) is 84.4 Å². The molecule has 10 nitrogen and oxygen atoms in total. The normalized spacial score (nSPS) is 28.1. The van der Waals surface area contributed by atoms with Crippen LogP contribution in [0.15, 0.2) is 0 Å². The highest BCUT2D eigenvalue weighted by molar-refractivity contribution is 6.94. The smallest absolute Gasteiger partial charge is 0.437 e. The zero-order chi connectivity index (χ0) is 29.6. The van der Waals surface area contributed by atoms with Crippen LogP contribution in [0.2, 0.25) is 111 Å². The highest BCUT2D eigenvalue weighted by atomic mass is 28.6. The van der Waals surface area contributed by atoms with Crippen molar-refractivity contribution in [3.63, 3.8) is 0 Å². The second-order valence-corrected chi connectivity index (χ2v) is 45.6. The lowest BCUT2D eigenvalue weighted by Gasteiger charge is -2.48. The number of hydrogen-bond acceptors (Lipinski definition) is 10. The average molecular weight is 683 g/mol. The standard InChI is InChI=1S/C18H54O10Si9/c1-19-36(17)24-34(13,14)27-37(18,28-35(15,16)25-36)26-33(11,12)23-32(9,10)22-31(7,8)21-30(5,6)20-29(2,3)4/h1-18H3. The van der Waals surface area contributed by atoms with Crippen molar-refractivity contribution in [2.75, 3.05) is 7.11 Å². The van der Waals surface area contributed by atoms with Crippen molar-refractivity contribution in [1.82, 2.24) is 0 Å². The topological polar surface area (TPSA) is 92.3 Å². The Balaban J connectivity index is 3.06. The van der Waals surface area contributed by atoms with Crippen molar-refractivity contribution in [2.24, 2.45) is 0 Å². The van der Waals surface area contributed by atoms with Crippen molar-refractivity contribution in [2.45, 2.75) is 111 Å². The highest BCUT2D eigenvalue weighted by Gasteiger charge is 2.59. The van der Waals surface area contributed by atoms with Crippen molar-refractivity contribution in [3.05, 3.63) is 0 Å². The summed E-state index contributed by atoms with van der Waals surface area (Å²) in [5, 5.41) is 0. The minimum Gasteiger partial charge on any atom is -0.437 e. The van der Waals surface area contributed by atoms with Gasteiger partial charge in [-0.25, -0.2) is 0 Å². The minimum absolute atomic E-state index is 1.61. The third kappa shape index (κ3) is 13.8. The molecule has 0 amide bonds. The molecule has 1 rings (SSSR count). The summed E-state index contributed by atoms with van der Waals surface area (Å²) in [5.41, 5.74) is 0. The molecule has 1 aliphatic heterocycles. The van der Waals surface area contributed by atoms with Crippen LogP contribution in [-0.2, 0) is 41.5 Å². The molecule has 0 aromatic carbocycles. The predicted molar refractivity (Wildman–Crippen MR) is 168 cm³/mol. The lowest BCUT2D eigenvalue weighted by Crippen LogP contribution is -2.69. The zero-order valence-electron chi connectivity index (χ0n) is 26.6. The second-order valence-electron chi connectivity index (χ2n) is 13.4. The van der Waals surface area contributed by atoms with Crippen LogP contribution in [0.25, 0.3) is 0 Å². The molecule has 0 N–H and O–H groups in total. The Morgan fingerprint density at radius 1 is 0.432 bits per heavy atom. The molecule has 0 aromatic rings. The third-order valence-corrected chi connectivity index (χ3v) is 38.8. The summed E-state index contributed by atoms with van der Waals surface area (Å²) < 4.78 is 64.6. The van der Waals surface area contributed by atoms with E-state index in [1.807, 2.05) is 65.5 Å². The molecule has 0 aromatic heterocycles. The van der Waals surface area contributed by atoms with E-state index in [-0.39, 0.29) is 0 Å². The van der Waals surface area contributed by atoms with Crippen LogP contribution in [0, 0.1) is 0 Å². The fraction of sp³-hybridized carbons (Fsp3) is 1.00. The summed E-state index contributed by atoms with van der Waals surface area (Å²) in [6.45, 7) is 34.6. The van der Waals surface area contributed by atoms with E-state index in [1.54, 1.807) is 7.11 Å². The van der Waals surface area contributed by atoms with Gasteiger partial charge in [0, 0.05) is 20.2 Å². The fourth-order valence-corrected chi connectivity index (χ4v) is 49.1. The fourth-order valence-electron chi connectivity index (χ4n) is 5.04. The maximum atomic E-state index is 6.71. The Kier molecular flexibility index (Phi) is 11.5.